The molecule has 8 heteroatoms. The highest BCUT2D eigenvalue weighted by Crippen LogP contribution is 2.12. The average molecular weight is 307 g/mol. The van der Waals surface area contributed by atoms with Crippen LogP contribution < -0.4 is 10.1 Å². The van der Waals surface area contributed by atoms with E-state index in [2.05, 4.69) is 20.3 Å². The highest BCUT2D eigenvalue weighted by atomic mass is 35.5. The van der Waals surface area contributed by atoms with Crippen LogP contribution in [0.4, 0.5) is 5.95 Å². The second-order valence-electron chi connectivity index (χ2n) is 3.99. The van der Waals surface area contributed by atoms with E-state index in [9.17, 15) is 0 Å². The van der Waals surface area contributed by atoms with Gasteiger partial charge in [0.05, 0.1) is 6.10 Å². The summed E-state index contributed by atoms with van der Waals surface area (Å²) in [7, 11) is 0. The van der Waals surface area contributed by atoms with E-state index >= 15 is 0 Å². The van der Waals surface area contributed by atoms with Crippen molar-refractivity contribution in [2.24, 2.45) is 0 Å². The van der Waals surface area contributed by atoms with Gasteiger partial charge in [-0.05, 0) is 37.6 Å². The molecular formula is C11H19ClN4O2S. The highest BCUT2D eigenvalue weighted by molar-refractivity contribution is 7.99. The first-order chi connectivity index (χ1) is 9.11. The molecule has 0 unspecified atom stereocenters. The standard InChI is InChI=1S/C11H19ClN4O2S/c1-8(2)18-11-15-9(12)14-10(16-11)13-4-7-19-6-3-5-17/h8,17H,3-7H2,1-2H3,(H,13,14,15,16). The summed E-state index contributed by atoms with van der Waals surface area (Å²) in [6.07, 6.45) is 0.801. The fourth-order valence-corrected chi connectivity index (χ4v) is 2.11. The number of aromatic nitrogens is 3. The van der Waals surface area contributed by atoms with Gasteiger partial charge < -0.3 is 15.2 Å². The molecule has 0 spiro atoms. The lowest BCUT2D eigenvalue weighted by molar-refractivity contribution is 0.222. The van der Waals surface area contributed by atoms with E-state index in [4.69, 9.17) is 21.4 Å². The molecule has 0 fully saturated rings. The molecule has 1 aromatic rings. The van der Waals surface area contributed by atoms with Gasteiger partial charge in [0.1, 0.15) is 0 Å². The number of nitrogens with zero attached hydrogens (tertiary/aromatic N) is 3. The Morgan fingerprint density at radius 2 is 2.11 bits per heavy atom. The molecule has 0 aromatic carbocycles. The molecule has 0 aliphatic carbocycles. The van der Waals surface area contributed by atoms with Crippen LogP contribution in [-0.4, -0.2) is 50.8 Å². The molecule has 0 aliphatic heterocycles. The number of aliphatic hydroxyl groups excluding tert-OH is 1. The lowest BCUT2D eigenvalue weighted by Gasteiger charge is -2.09. The van der Waals surface area contributed by atoms with Crippen molar-refractivity contribution < 1.29 is 9.84 Å². The van der Waals surface area contributed by atoms with Gasteiger partial charge in [-0.2, -0.15) is 26.7 Å². The molecule has 1 heterocycles. The lowest BCUT2D eigenvalue weighted by atomic mass is 10.5. The molecule has 0 aliphatic rings. The normalized spacial score (nSPS) is 10.8. The van der Waals surface area contributed by atoms with E-state index < -0.39 is 0 Å². The minimum atomic E-state index is -0.0136. The van der Waals surface area contributed by atoms with Crippen LogP contribution in [-0.2, 0) is 0 Å². The predicted octanol–water partition coefficient (Wildman–Crippen LogP) is 1.84. The van der Waals surface area contributed by atoms with E-state index in [1.54, 1.807) is 11.8 Å². The Balaban J connectivity index is 2.38. The Morgan fingerprint density at radius 3 is 2.79 bits per heavy atom. The van der Waals surface area contributed by atoms with Gasteiger partial charge in [0, 0.05) is 18.9 Å². The van der Waals surface area contributed by atoms with Crippen LogP contribution >= 0.6 is 23.4 Å². The maximum absolute atomic E-state index is 8.65. The van der Waals surface area contributed by atoms with Crippen LogP contribution in [0, 0.1) is 0 Å². The van der Waals surface area contributed by atoms with Gasteiger partial charge in [0.15, 0.2) is 0 Å². The van der Waals surface area contributed by atoms with Crippen molar-refractivity contribution in [2.75, 3.05) is 30.0 Å². The van der Waals surface area contributed by atoms with E-state index in [1.807, 2.05) is 13.8 Å². The Morgan fingerprint density at radius 1 is 1.32 bits per heavy atom. The molecule has 108 valence electrons. The molecule has 0 saturated carbocycles. The van der Waals surface area contributed by atoms with Crippen LogP contribution in [0.15, 0.2) is 0 Å². The summed E-state index contributed by atoms with van der Waals surface area (Å²) in [5.74, 6) is 2.26. The minimum Gasteiger partial charge on any atom is -0.461 e. The number of aliphatic hydroxyl groups is 1. The van der Waals surface area contributed by atoms with Crippen LogP contribution in [0.1, 0.15) is 20.3 Å². The first-order valence-electron chi connectivity index (χ1n) is 6.12. The summed E-state index contributed by atoms with van der Waals surface area (Å²) in [5.41, 5.74) is 0. The number of halogens is 1. The van der Waals surface area contributed by atoms with Gasteiger partial charge in [-0.15, -0.1) is 0 Å². The smallest absolute Gasteiger partial charge is 0.322 e. The zero-order chi connectivity index (χ0) is 14.1. The Labute approximate surface area is 122 Å². The summed E-state index contributed by atoms with van der Waals surface area (Å²) in [6.45, 7) is 4.74. The summed E-state index contributed by atoms with van der Waals surface area (Å²) in [6, 6.07) is 0.227. The summed E-state index contributed by atoms with van der Waals surface area (Å²) in [4.78, 5) is 12.0. The first kappa shape index (κ1) is 16.3. The van der Waals surface area contributed by atoms with Crippen LogP contribution in [0.2, 0.25) is 5.28 Å². The van der Waals surface area contributed by atoms with Gasteiger partial charge >= 0.3 is 6.01 Å². The zero-order valence-corrected chi connectivity index (χ0v) is 12.7. The predicted molar refractivity (Wildman–Crippen MR) is 78.1 cm³/mol. The number of ether oxygens (including phenoxy) is 1. The third-order valence-electron chi connectivity index (χ3n) is 1.91. The van der Waals surface area contributed by atoms with Crippen LogP contribution in [0.5, 0.6) is 6.01 Å². The molecule has 19 heavy (non-hydrogen) atoms. The molecule has 0 atom stereocenters. The number of nitrogens with one attached hydrogen (secondary N) is 1. The number of thioether (sulfide) groups is 1. The molecule has 6 nitrogen and oxygen atoms in total. The van der Waals surface area contributed by atoms with Crippen molar-refractivity contribution in [1.29, 1.82) is 0 Å². The zero-order valence-electron chi connectivity index (χ0n) is 11.1. The fourth-order valence-electron chi connectivity index (χ4n) is 1.18. The van der Waals surface area contributed by atoms with Crippen molar-refractivity contribution in [3.63, 3.8) is 0 Å². The Kier molecular flexibility index (Phi) is 7.85. The Bertz CT molecular complexity index is 382. The highest BCUT2D eigenvalue weighted by Gasteiger charge is 2.07. The van der Waals surface area contributed by atoms with Gasteiger partial charge in [0.25, 0.3) is 0 Å². The van der Waals surface area contributed by atoms with E-state index in [-0.39, 0.29) is 24.0 Å². The monoisotopic (exact) mass is 306 g/mol. The molecule has 0 radical (unpaired) electrons. The molecule has 0 saturated heterocycles. The Hall–Kier alpha value is -0.790. The van der Waals surface area contributed by atoms with E-state index in [0.717, 1.165) is 24.5 Å². The molecular weight excluding hydrogens is 288 g/mol. The topological polar surface area (TPSA) is 80.2 Å². The van der Waals surface area contributed by atoms with Crippen molar-refractivity contribution in [3.05, 3.63) is 5.28 Å². The van der Waals surface area contributed by atoms with Crippen molar-refractivity contribution in [2.45, 2.75) is 26.4 Å². The second kappa shape index (κ2) is 9.17. The average Bonchev–Trinajstić information content (AvgIpc) is 2.32. The minimum absolute atomic E-state index is 0.0136. The maximum Gasteiger partial charge on any atom is 0.322 e. The number of anilines is 1. The van der Waals surface area contributed by atoms with Crippen LogP contribution in [0.25, 0.3) is 0 Å². The lowest BCUT2D eigenvalue weighted by Crippen LogP contribution is -2.13. The number of hydrogen-bond acceptors (Lipinski definition) is 7. The van der Waals surface area contributed by atoms with Gasteiger partial charge in [-0.25, -0.2) is 0 Å². The largest absolute Gasteiger partial charge is 0.461 e. The fraction of sp³-hybridized carbons (Fsp3) is 0.727. The summed E-state index contributed by atoms with van der Waals surface area (Å²) < 4.78 is 5.38. The molecule has 2 N–H and O–H groups in total. The third-order valence-corrected chi connectivity index (χ3v) is 3.14. The number of hydrogen-bond donors (Lipinski definition) is 2. The van der Waals surface area contributed by atoms with E-state index in [1.165, 1.54) is 0 Å². The number of rotatable bonds is 9. The van der Waals surface area contributed by atoms with Crippen molar-refractivity contribution in [1.82, 2.24) is 15.0 Å². The third kappa shape index (κ3) is 7.39. The van der Waals surface area contributed by atoms with Gasteiger partial charge in [-0.3, -0.25) is 0 Å². The van der Waals surface area contributed by atoms with Gasteiger partial charge in [-0.1, -0.05) is 0 Å². The molecule has 1 aromatic heterocycles. The van der Waals surface area contributed by atoms with Crippen molar-refractivity contribution >= 4 is 29.3 Å². The quantitative estimate of drug-likeness (QED) is 0.674. The summed E-state index contributed by atoms with van der Waals surface area (Å²) in [5, 5.41) is 11.8. The molecule has 0 bridgehead atoms. The first-order valence-corrected chi connectivity index (χ1v) is 7.65. The SMILES string of the molecule is CC(C)Oc1nc(Cl)nc(NCCSCCCO)n1. The van der Waals surface area contributed by atoms with E-state index in [0.29, 0.717) is 5.95 Å². The second-order valence-corrected chi connectivity index (χ2v) is 5.56. The molecule has 0 amide bonds. The maximum atomic E-state index is 8.65. The summed E-state index contributed by atoms with van der Waals surface area (Å²) >= 11 is 7.56. The molecule has 1 rings (SSSR count). The van der Waals surface area contributed by atoms with Gasteiger partial charge in [0.2, 0.25) is 11.2 Å². The van der Waals surface area contributed by atoms with Crippen LogP contribution in [0.3, 0.4) is 0 Å². The van der Waals surface area contributed by atoms with Crippen molar-refractivity contribution in [3.8, 4) is 6.01 Å².